The maximum atomic E-state index is 8.98. The lowest BCUT2D eigenvalue weighted by molar-refractivity contribution is 0.288. The van der Waals surface area contributed by atoms with Gasteiger partial charge in [0.1, 0.15) is 16.8 Å². The molecule has 5 heteroatoms. The van der Waals surface area contributed by atoms with Gasteiger partial charge in [-0.1, -0.05) is 18.5 Å². The van der Waals surface area contributed by atoms with E-state index in [4.69, 9.17) is 16.7 Å². The van der Waals surface area contributed by atoms with Gasteiger partial charge >= 0.3 is 0 Å². The number of nitrogens with zero attached hydrogens (tertiary/aromatic N) is 3. The molecule has 1 aromatic heterocycles. The van der Waals surface area contributed by atoms with Crippen LogP contribution in [0, 0.1) is 6.92 Å². The van der Waals surface area contributed by atoms with Crippen LogP contribution in [0.25, 0.3) is 0 Å². The van der Waals surface area contributed by atoms with E-state index in [1.165, 1.54) is 0 Å². The molecular formula is C13H22ClN3O. The Hall–Kier alpha value is -0.870. The van der Waals surface area contributed by atoms with Crippen molar-refractivity contribution in [1.82, 2.24) is 9.97 Å². The summed E-state index contributed by atoms with van der Waals surface area (Å²) in [5.74, 6) is 1.64. The molecule has 0 aromatic carbocycles. The highest BCUT2D eigenvalue weighted by atomic mass is 35.5. The molecule has 0 amide bonds. The molecule has 0 aliphatic heterocycles. The summed E-state index contributed by atoms with van der Waals surface area (Å²) in [6.07, 6.45) is 1.49. The number of aliphatic hydroxyl groups is 1. The highest BCUT2D eigenvalue weighted by molar-refractivity contribution is 6.30. The first kappa shape index (κ1) is 15.2. The van der Waals surface area contributed by atoms with Crippen molar-refractivity contribution in [3.05, 3.63) is 16.5 Å². The number of aromatic nitrogens is 2. The molecule has 0 saturated heterocycles. The maximum Gasteiger partial charge on any atom is 0.137 e. The molecule has 0 radical (unpaired) electrons. The van der Waals surface area contributed by atoms with Crippen LogP contribution in [0.3, 0.4) is 0 Å². The van der Waals surface area contributed by atoms with Crippen molar-refractivity contribution in [2.24, 2.45) is 0 Å². The molecule has 1 aromatic rings. The second-order valence-corrected chi connectivity index (χ2v) is 4.96. The number of hydrogen-bond acceptors (Lipinski definition) is 4. The zero-order chi connectivity index (χ0) is 13.7. The molecule has 0 unspecified atom stereocenters. The number of anilines is 1. The Morgan fingerprint density at radius 3 is 2.50 bits per heavy atom. The minimum Gasteiger partial charge on any atom is -0.396 e. The van der Waals surface area contributed by atoms with Gasteiger partial charge in [-0.15, -0.1) is 0 Å². The molecule has 0 bridgehead atoms. The highest BCUT2D eigenvalue weighted by Gasteiger charge is 2.17. The summed E-state index contributed by atoms with van der Waals surface area (Å²) < 4.78 is 0. The third-order valence-corrected chi connectivity index (χ3v) is 3.24. The van der Waals surface area contributed by atoms with Crippen LogP contribution < -0.4 is 4.90 Å². The minimum absolute atomic E-state index is 0.182. The van der Waals surface area contributed by atoms with Gasteiger partial charge in [-0.25, -0.2) is 9.97 Å². The Bertz CT molecular complexity index is 396. The minimum atomic E-state index is 0.182. The first-order chi connectivity index (χ1) is 8.51. The van der Waals surface area contributed by atoms with E-state index in [1.807, 2.05) is 13.8 Å². The van der Waals surface area contributed by atoms with E-state index in [0.717, 1.165) is 36.6 Å². The fraction of sp³-hybridized carbons (Fsp3) is 0.692. The van der Waals surface area contributed by atoms with Gasteiger partial charge in [0.25, 0.3) is 0 Å². The predicted octanol–water partition coefficient (Wildman–Crippen LogP) is 2.60. The van der Waals surface area contributed by atoms with Crippen LogP contribution in [0.5, 0.6) is 0 Å². The molecule has 0 aliphatic carbocycles. The van der Waals surface area contributed by atoms with Crippen LogP contribution in [0.1, 0.15) is 38.6 Å². The van der Waals surface area contributed by atoms with Gasteiger partial charge in [0.05, 0.1) is 0 Å². The Morgan fingerprint density at radius 1 is 1.33 bits per heavy atom. The van der Waals surface area contributed by atoms with Crippen molar-refractivity contribution in [3.8, 4) is 0 Å². The monoisotopic (exact) mass is 271 g/mol. The average Bonchev–Trinajstić information content (AvgIpc) is 2.34. The van der Waals surface area contributed by atoms with E-state index in [2.05, 4.69) is 28.7 Å². The fourth-order valence-electron chi connectivity index (χ4n) is 1.81. The first-order valence-corrected chi connectivity index (χ1v) is 6.79. The molecule has 102 valence electrons. The van der Waals surface area contributed by atoms with Gasteiger partial charge in [0.2, 0.25) is 0 Å². The van der Waals surface area contributed by atoms with Gasteiger partial charge in [-0.3, -0.25) is 0 Å². The Morgan fingerprint density at radius 2 is 2.00 bits per heavy atom. The number of aryl methyl sites for hydroxylation is 1. The first-order valence-electron chi connectivity index (χ1n) is 6.41. The second-order valence-electron chi connectivity index (χ2n) is 4.60. The summed E-state index contributed by atoms with van der Waals surface area (Å²) in [6, 6.07) is 0.311. The van der Waals surface area contributed by atoms with Crippen molar-refractivity contribution in [3.63, 3.8) is 0 Å². The lowest BCUT2D eigenvalue weighted by Crippen LogP contribution is -2.34. The van der Waals surface area contributed by atoms with Crippen molar-refractivity contribution < 1.29 is 5.11 Å². The van der Waals surface area contributed by atoms with Gasteiger partial charge in [0, 0.05) is 31.2 Å². The number of hydrogen-bond donors (Lipinski definition) is 1. The van der Waals surface area contributed by atoms with E-state index in [1.54, 1.807) is 0 Å². The van der Waals surface area contributed by atoms with E-state index in [-0.39, 0.29) is 6.61 Å². The van der Waals surface area contributed by atoms with Gasteiger partial charge in [-0.2, -0.15) is 0 Å². The summed E-state index contributed by atoms with van der Waals surface area (Å²) in [7, 11) is 0. The van der Waals surface area contributed by atoms with Crippen LogP contribution >= 0.6 is 11.6 Å². The highest BCUT2D eigenvalue weighted by Crippen LogP contribution is 2.25. The average molecular weight is 272 g/mol. The van der Waals surface area contributed by atoms with Crippen molar-refractivity contribution in [2.75, 3.05) is 18.1 Å². The van der Waals surface area contributed by atoms with Crippen LogP contribution in [0.15, 0.2) is 0 Å². The number of rotatable bonds is 6. The molecule has 1 rings (SSSR count). The molecule has 0 fully saturated rings. The quantitative estimate of drug-likeness (QED) is 0.808. The largest absolute Gasteiger partial charge is 0.396 e. The number of halogens is 1. The lowest BCUT2D eigenvalue weighted by Gasteiger charge is -2.29. The third-order valence-electron chi connectivity index (χ3n) is 2.88. The molecule has 18 heavy (non-hydrogen) atoms. The van der Waals surface area contributed by atoms with E-state index in [0.29, 0.717) is 11.2 Å². The SMILES string of the molecule is CCc1nc(Cl)c(C)c(N(CCCO)C(C)C)n1. The molecule has 0 saturated carbocycles. The maximum absolute atomic E-state index is 8.98. The third kappa shape index (κ3) is 3.56. The van der Waals surface area contributed by atoms with Crippen LogP contribution in [0.2, 0.25) is 5.15 Å². The van der Waals surface area contributed by atoms with Gasteiger partial charge < -0.3 is 10.0 Å². The summed E-state index contributed by atoms with van der Waals surface area (Å²) in [6.45, 7) is 9.12. The summed E-state index contributed by atoms with van der Waals surface area (Å²) >= 11 is 6.15. The molecule has 0 spiro atoms. The Balaban J connectivity index is 3.13. The normalized spacial score (nSPS) is 11.1. The fourth-order valence-corrected chi connectivity index (χ4v) is 1.99. The zero-order valence-electron chi connectivity index (χ0n) is 11.6. The van der Waals surface area contributed by atoms with Gasteiger partial charge in [0.15, 0.2) is 0 Å². The standard InChI is InChI=1S/C13H22ClN3O/c1-5-11-15-12(14)10(4)13(16-11)17(9(2)3)7-6-8-18/h9,18H,5-8H2,1-4H3. The van der Waals surface area contributed by atoms with Crippen molar-refractivity contribution in [2.45, 2.75) is 46.6 Å². The molecule has 0 atom stereocenters. The summed E-state index contributed by atoms with van der Waals surface area (Å²) in [5.41, 5.74) is 0.903. The molecule has 0 aliphatic rings. The van der Waals surface area contributed by atoms with Crippen molar-refractivity contribution in [1.29, 1.82) is 0 Å². The zero-order valence-corrected chi connectivity index (χ0v) is 12.3. The summed E-state index contributed by atoms with van der Waals surface area (Å²) in [4.78, 5) is 11.0. The topological polar surface area (TPSA) is 49.2 Å². The van der Waals surface area contributed by atoms with Crippen LogP contribution in [-0.4, -0.2) is 34.3 Å². The Labute approximate surface area is 114 Å². The Kier molecular flexibility index (Phi) is 5.82. The number of aliphatic hydroxyl groups excluding tert-OH is 1. The van der Waals surface area contributed by atoms with Gasteiger partial charge in [-0.05, 0) is 27.2 Å². The van der Waals surface area contributed by atoms with E-state index < -0.39 is 0 Å². The molecule has 4 nitrogen and oxygen atoms in total. The van der Waals surface area contributed by atoms with E-state index >= 15 is 0 Å². The van der Waals surface area contributed by atoms with Crippen molar-refractivity contribution >= 4 is 17.4 Å². The second kappa shape index (κ2) is 6.90. The molecule has 1 heterocycles. The molecular weight excluding hydrogens is 250 g/mol. The predicted molar refractivity (Wildman–Crippen MR) is 75.3 cm³/mol. The lowest BCUT2D eigenvalue weighted by atomic mass is 10.2. The van der Waals surface area contributed by atoms with Crippen LogP contribution in [-0.2, 0) is 6.42 Å². The van der Waals surface area contributed by atoms with E-state index in [9.17, 15) is 0 Å². The summed E-state index contributed by atoms with van der Waals surface area (Å²) in [5, 5.41) is 9.50. The van der Waals surface area contributed by atoms with Crippen LogP contribution in [0.4, 0.5) is 5.82 Å². The smallest absolute Gasteiger partial charge is 0.137 e. The molecule has 1 N–H and O–H groups in total.